The Labute approximate surface area is 134 Å². The Morgan fingerprint density at radius 2 is 1.85 bits per heavy atom. The van der Waals surface area contributed by atoms with E-state index in [2.05, 4.69) is 59.4 Å². The van der Waals surface area contributed by atoms with E-state index >= 15 is 0 Å². The average molecular weight is 353 g/mol. The van der Waals surface area contributed by atoms with Crippen molar-refractivity contribution in [2.24, 2.45) is 0 Å². The van der Waals surface area contributed by atoms with Crippen LogP contribution in [-0.2, 0) is 6.54 Å². The number of halogens is 2. The molecule has 2 rings (SSSR count). The van der Waals surface area contributed by atoms with Crippen LogP contribution in [0.3, 0.4) is 0 Å². The van der Waals surface area contributed by atoms with E-state index < -0.39 is 0 Å². The number of hydrogen-bond acceptors (Lipinski definition) is 1. The van der Waals surface area contributed by atoms with Gasteiger partial charge in [-0.1, -0.05) is 53.5 Å². The molecule has 2 aromatic carbocycles. The van der Waals surface area contributed by atoms with Gasteiger partial charge >= 0.3 is 0 Å². The van der Waals surface area contributed by atoms with Crippen LogP contribution in [0.2, 0.25) is 5.02 Å². The predicted octanol–water partition coefficient (Wildman–Crippen LogP) is 6.23. The first-order valence-electron chi connectivity index (χ1n) is 6.88. The Bertz CT molecular complexity index is 566. The second-order valence-corrected chi connectivity index (χ2v) is 6.31. The minimum absolute atomic E-state index is 0.617. The molecule has 1 nitrogen and oxygen atoms in total. The molecule has 0 spiro atoms. The Balaban J connectivity index is 2.02. The molecule has 0 heterocycles. The normalized spacial score (nSPS) is 12.2. The van der Waals surface area contributed by atoms with Gasteiger partial charge in [0.1, 0.15) is 0 Å². The summed E-state index contributed by atoms with van der Waals surface area (Å²) < 4.78 is 1.07. The number of hydrogen-bond donors (Lipinski definition) is 1. The second-order valence-electron chi connectivity index (χ2n) is 5.02. The SMILES string of the molecule is CCC(C)c1ccc(NCc2cc(Cl)ccc2Br)cc1. The van der Waals surface area contributed by atoms with Crippen LogP contribution in [-0.4, -0.2) is 0 Å². The molecular weight excluding hydrogens is 334 g/mol. The highest BCUT2D eigenvalue weighted by atomic mass is 79.9. The highest BCUT2D eigenvalue weighted by Crippen LogP contribution is 2.23. The highest BCUT2D eigenvalue weighted by molar-refractivity contribution is 9.10. The molecule has 20 heavy (non-hydrogen) atoms. The van der Waals surface area contributed by atoms with E-state index in [0.29, 0.717) is 5.92 Å². The third kappa shape index (κ3) is 4.00. The monoisotopic (exact) mass is 351 g/mol. The summed E-state index contributed by atoms with van der Waals surface area (Å²) in [7, 11) is 0. The topological polar surface area (TPSA) is 12.0 Å². The third-order valence-electron chi connectivity index (χ3n) is 3.58. The van der Waals surface area contributed by atoms with E-state index in [-0.39, 0.29) is 0 Å². The molecule has 0 saturated carbocycles. The molecule has 0 aliphatic rings. The smallest absolute Gasteiger partial charge is 0.0412 e. The van der Waals surface area contributed by atoms with E-state index in [0.717, 1.165) is 27.3 Å². The zero-order chi connectivity index (χ0) is 14.5. The van der Waals surface area contributed by atoms with Gasteiger partial charge in [-0.15, -0.1) is 0 Å². The maximum atomic E-state index is 6.02. The van der Waals surface area contributed by atoms with Crippen LogP contribution >= 0.6 is 27.5 Å². The number of benzene rings is 2. The largest absolute Gasteiger partial charge is 0.381 e. The molecular formula is C17H19BrClN. The highest BCUT2D eigenvalue weighted by Gasteiger charge is 2.03. The quantitative estimate of drug-likeness (QED) is 0.672. The fourth-order valence-corrected chi connectivity index (χ4v) is 2.62. The Kier molecular flexibility index (Phi) is 5.50. The van der Waals surface area contributed by atoms with Crippen molar-refractivity contribution in [3.8, 4) is 0 Å². The van der Waals surface area contributed by atoms with Crippen molar-refractivity contribution in [3.63, 3.8) is 0 Å². The first-order chi connectivity index (χ1) is 9.60. The number of nitrogens with one attached hydrogen (secondary N) is 1. The zero-order valence-corrected chi connectivity index (χ0v) is 14.1. The maximum absolute atomic E-state index is 6.02. The van der Waals surface area contributed by atoms with Crippen molar-refractivity contribution >= 4 is 33.2 Å². The molecule has 2 aromatic rings. The molecule has 1 atom stereocenters. The van der Waals surface area contributed by atoms with Crippen LogP contribution in [0.4, 0.5) is 5.69 Å². The van der Waals surface area contributed by atoms with E-state index in [1.54, 1.807) is 0 Å². The molecule has 0 aliphatic heterocycles. The molecule has 0 fully saturated rings. The van der Waals surface area contributed by atoms with Crippen LogP contribution in [0.5, 0.6) is 0 Å². The van der Waals surface area contributed by atoms with Crippen molar-refractivity contribution < 1.29 is 0 Å². The van der Waals surface area contributed by atoms with Gasteiger partial charge in [-0.05, 0) is 53.8 Å². The molecule has 0 amide bonds. The zero-order valence-electron chi connectivity index (χ0n) is 11.8. The van der Waals surface area contributed by atoms with E-state index in [1.165, 1.54) is 12.0 Å². The second kappa shape index (κ2) is 7.14. The van der Waals surface area contributed by atoms with Crippen molar-refractivity contribution in [2.75, 3.05) is 5.32 Å². The molecule has 0 bridgehead atoms. The van der Waals surface area contributed by atoms with Gasteiger partial charge in [-0.3, -0.25) is 0 Å². The lowest BCUT2D eigenvalue weighted by atomic mass is 9.99. The molecule has 0 aromatic heterocycles. The first kappa shape index (κ1) is 15.4. The maximum Gasteiger partial charge on any atom is 0.0412 e. The lowest BCUT2D eigenvalue weighted by molar-refractivity contribution is 0.734. The van der Waals surface area contributed by atoms with Gasteiger partial charge in [0.05, 0.1) is 0 Å². The fourth-order valence-electron chi connectivity index (χ4n) is 2.04. The molecule has 3 heteroatoms. The summed E-state index contributed by atoms with van der Waals surface area (Å²) in [5.74, 6) is 0.617. The summed E-state index contributed by atoms with van der Waals surface area (Å²) in [6, 6.07) is 14.5. The van der Waals surface area contributed by atoms with Gasteiger partial charge in [0, 0.05) is 21.7 Å². The minimum atomic E-state index is 0.617. The number of rotatable bonds is 5. The Morgan fingerprint density at radius 3 is 2.50 bits per heavy atom. The summed E-state index contributed by atoms with van der Waals surface area (Å²) >= 11 is 9.57. The summed E-state index contributed by atoms with van der Waals surface area (Å²) in [6.07, 6.45) is 1.17. The van der Waals surface area contributed by atoms with Gasteiger partial charge < -0.3 is 5.32 Å². The van der Waals surface area contributed by atoms with Gasteiger partial charge in [0.25, 0.3) is 0 Å². The van der Waals surface area contributed by atoms with E-state index in [1.807, 2.05) is 18.2 Å². The van der Waals surface area contributed by atoms with Crippen molar-refractivity contribution in [2.45, 2.75) is 32.7 Å². The predicted molar refractivity (Wildman–Crippen MR) is 91.6 cm³/mol. The molecule has 1 N–H and O–H groups in total. The minimum Gasteiger partial charge on any atom is -0.381 e. The standard InChI is InChI=1S/C17H19BrClN/c1-3-12(2)13-4-7-16(8-5-13)20-11-14-10-15(19)6-9-17(14)18/h4-10,12,20H,3,11H2,1-2H3. The van der Waals surface area contributed by atoms with Gasteiger partial charge in [-0.25, -0.2) is 0 Å². The van der Waals surface area contributed by atoms with Crippen LogP contribution in [0.1, 0.15) is 37.3 Å². The number of anilines is 1. The Morgan fingerprint density at radius 1 is 1.15 bits per heavy atom. The summed E-state index contributed by atoms with van der Waals surface area (Å²) in [5, 5.41) is 4.19. The fraction of sp³-hybridized carbons (Fsp3) is 0.294. The van der Waals surface area contributed by atoms with Crippen molar-refractivity contribution in [1.29, 1.82) is 0 Å². The summed E-state index contributed by atoms with van der Waals surface area (Å²) in [6.45, 7) is 5.23. The average Bonchev–Trinajstić information content (AvgIpc) is 2.48. The van der Waals surface area contributed by atoms with Crippen LogP contribution < -0.4 is 5.32 Å². The lowest BCUT2D eigenvalue weighted by Gasteiger charge is -2.12. The lowest BCUT2D eigenvalue weighted by Crippen LogP contribution is -2.00. The molecule has 0 aliphatic carbocycles. The first-order valence-corrected chi connectivity index (χ1v) is 8.05. The van der Waals surface area contributed by atoms with Crippen LogP contribution in [0, 0.1) is 0 Å². The van der Waals surface area contributed by atoms with Gasteiger partial charge in [0.15, 0.2) is 0 Å². The van der Waals surface area contributed by atoms with Crippen LogP contribution in [0.25, 0.3) is 0 Å². The molecule has 0 radical (unpaired) electrons. The van der Waals surface area contributed by atoms with E-state index in [9.17, 15) is 0 Å². The molecule has 106 valence electrons. The van der Waals surface area contributed by atoms with Gasteiger partial charge in [-0.2, -0.15) is 0 Å². The molecule has 0 saturated heterocycles. The van der Waals surface area contributed by atoms with E-state index in [4.69, 9.17) is 11.6 Å². The third-order valence-corrected chi connectivity index (χ3v) is 4.59. The van der Waals surface area contributed by atoms with Crippen LogP contribution in [0.15, 0.2) is 46.9 Å². The summed E-state index contributed by atoms with van der Waals surface area (Å²) in [5.41, 5.74) is 3.68. The van der Waals surface area contributed by atoms with Crippen molar-refractivity contribution in [1.82, 2.24) is 0 Å². The van der Waals surface area contributed by atoms with Crippen molar-refractivity contribution in [3.05, 3.63) is 63.1 Å². The van der Waals surface area contributed by atoms with Gasteiger partial charge in [0.2, 0.25) is 0 Å². The Hall–Kier alpha value is -0.990. The molecule has 1 unspecified atom stereocenters. The summed E-state index contributed by atoms with van der Waals surface area (Å²) in [4.78, 5) is 0.